The van der Waals surface area contributed by atoms with Gasteiger partial charge in [-0.05, 0) is 25.9 Å². The fourth-order valence-corrected chi connectivity index (χ4v) is 2.43. The van der Waals surface area contributed by atoms with E-state index in [1.807, 2.05) is 7.05 Å². The molecule has 0 aliphatic carbocycles. The highest BCUT2D eigenvalue weighted by Gasteiger charge is 2.14. The maximum Gasteiger partial charge on any atom is 0.133 e. The molecule has 0 amide bonds. The fraction of sp³-hybridized carbons (Fsp3) is 0.733. The fourth-order valence-electron chi connectivity index (χ4n) is 2.43. The molecule has 0 saturated heterocycles. The normalized spacial score (nSPS) is 11.4. The van der Waals surface area contributed by atoms with Crippen molar-refractivity contribution in [3.63, 3.8) is 0 Å². The van der Waals surface area contributed by atoms with E-state index < -0.39 is 0 Å². The van der Waals surface area contributed by atoms with Crippen LogP contribution in [0.25, 0.3) is 0 Å². The summed E-state index contributed by atoms with van der Waals surface area (Å²) in [6.45, 7) is 14.0. The lowest BCUT2D eigenvalue weighted by atomic mass is 10.0. The maximum absolute atomic E-state index is 4.67. The number of rotatable bonds is 7. The Bertz CT molecular complexity index is 397. The molecule has 4 heteroatoms. The summed E-state index contributed by atoms with van der Waals surface area (Å²) in [5.41, 5.74) is 2.33. The van der Waals surface area contributed by atoms with E-state index >= 15 is 0 Å². The quantitative estimate of drug-likeness (QED) is 0.822. The van der Waals surface area contributed by atoms with Gasteiger partial charge < -0.3 is 10.2 Å². The lowest BCUT2D eigenvalue weighted by molar-refractivity contribution is 0.305. The first kappa shape index (κ1) is 15.9. The predicted molar refractivity (Wildman–Crippen MR) is 81.9 cm³/mol. The van der Waals surface area contributed by atoms with Gasteiger partial charge in [0, 0.05) is 31.3 Å². The third-order valence-corrected chi connectivity index (χ3v) is 3.54. The second-order valence-electron chi connectivity index (χ2n) is 5.17. The van der Waals surface area contributed by atoms with Crippen molar-refractivity contribution in [2.24, 2.45) is 0 Å². The highest BCUT2D eigenvalue weighted by molar-refractivity contribution is 5.47. The van der Waals surface area contributed by atoms with Gasteiger partial charge in [-0.3, -0.25) is 0 Å². The van der Waals surface area contributed by atoms with Gasteiger partial charge in [0.1, 0.15) is 11.6 Å². The maximum atomic E-state index is 4.67. The Morgan fingerprint density at radius 1 is 1.16 bits per heavy atom. The van der Waals surface area contributed by atoms with Crippen molar-refractivity contribution in [1.82, 2.24) is 14.9 Å². The molecular weight excluding hydrogens is 236 g/mol. The predicted octanol–water partition coefficient (Wildman–Crippen LogP) is 2.83. The molecule has 0 radical (unpaired) electrons. The van der Waals surface area contributed by atoms with Gasteiger partial charge in [0.15, 0.2) is 0 Å². The Labute approximate surface area is 117 Å². The molecule has 0 aliphatic rings. The van der Waals surface area contributed by atoms with E-state index in [2.05, 4.69) is 54.8 Å². The molecule has 1 heterocycles. The minimum Gasteiger partial charge on any atom is -0.373 e. The molecule has 0 aromatic carbocycles. The van der Waals surface area contributed by atoms with Crippen LogP contribution in [0.1, 0.15) is 50.7 Å². The van der Waals surface area contributed by atoms with Crippen LogP contribution in [0.15, 0.2) is 0 Å². The molecule has 1 aromatic heterocycles. The number of nitrogens with zero attached hydrogens (tertiary/aromatic N) is 3. The number of likely N-dealkylation sites (N-methyl/N-ethyl adjacent to an activating group) is 1. The summed E-state index contributed by atoms with van der Waals surface area (Å²) < 4.78 is 0. The van der Waals surface area contributed by atoms with Crippen LogP contribution in [0.5, 0.6) is 0 Å². The number of hydrogen-bond donors (Lipinski definition) is 1. The summed E-state index contributed by atoms with van der Waals surface area (Å²) in [6, 6.07) is 0. The van der Waals surface area contributed by atoms with Gasteiger partial charge in [0.2, 0.25) is 0 Å². The number of aryl methyl sites for hydroxylation is 1. The summed E-state index contributed by atoms with van der Waals surface area (Å²) in [7, 11) is 1.93. The number of hydrogen-bond acceptors (Lipinski definition) is 4. The van der Waals surface area contributed by atoms with Crippen molar-refractivity contribution < 1.29 is 0 Å². The van der Waals surface area contributed by atoms with Crippen LogP contribution in [0.3, 0.4) is 0 Å². The van der Waals surface area contributed by atoms with Crippen molar-refractivity contribution in [1.29, 1.82) is 0 Å². The number of nitrogens with one attached hydrogen (secondary N) is 1. The third-order valence-electron chi connectivity index (χ3n) is 3.54. The molecule has 0 fully saturated rings. The van der Waals surface area contributed by atoms with E-state index in [1.54, 1.807) is 0 Å². The smallest absolute Gasteiger partial charge is 0.133 e. The van der Waals surface area contributed by atoms with Crippen molar-refractivity contribution >= 4 is 5.82 Å². The summed E-state index contributed by atoms with van der Waals surface area (Å²) >= 11 is 0. The van der Waals surface area contributed by atoms with E-state index in [4.69, 9.17) is 0 Å². The van der Waals surface area contributed by atoms with E-state index in [-0.39, 0.29) is 0 Å². The minimum atomic E-state index is 0.444. The van der Waals surface area contributed by atoms with Crippen LogP contribution in [-0.4, -0.2) is 41.5 Å². The van der Waals surface area contributed by atoms with Gasteiger partial charge in [-0.15, -0.1) is 0 Å². The van der Waals surface area contributed by atoms with E-state index in [1.165, 1.54) is 5.56 Å². The summed E-state index contributed by atoms with van der Waals surface area (Å²) in [4.78, 5) is 11.7. The van der Waals surface area contributed by atoms with Crippen LogP contribution < -0.4 is 5.32 Å². The Morgan fingerprint density at radius 2 is 1.79 bits per heavy atom. The molecule has 0 spiro atoms. The standard InChI is InChI=1S/C15H28N4/c1-7-19(8-2)10-9-13-17-12(5)14(11(3)4)15(16-6)18-13/h11H,7-10H2,1-6H3,(H,16,17,18). The second kappa shape index (κ2) is 7.43. The molecule has 0 bridgehead atoms. The lowest BCUT2D eigenvalue weighted by Crippen LogP contribution is -2.26. The van der Waals surface area contributed by atoms with Crippen LogP contribution in [0.2, 0.25) is 0 Å². The molecule has 0 saturated carbocycles. The zero-order chi connectivity index (χ0) is 14.4. The molecular formula is C15H28N4. The minimum absolute atomic E-state index is 0.444. The SMILES string of the molecule is CCN(CC)CCc1nc(C)c(C(C)C)c(NC)n1. The Hall–Kier alpha value is -1.16. The summed E-state index contributed by atoms with van der Waals surface area (Å²) in [5.74, 6) is 2.37. The Morgan fingerprint density at radius 3 is 2.26 bits per heavy atom. The molecule has 19 heavy (non-hydrogen) atoms. The molecule has 1 aromatic rings. The zero-order valence-electron chi connectivity index (χ0n) is 13.2. The molecule has 0 atom stereocenters. The van der Waals surface area contributed by atoms with E-state index in [0.29, 0.717) is 5.92 Å². The first-order chi connectivity index (χ1) is 9.03. The zero-order valence-corrected chi connectivity index (χ0v) is 13.2. The van der Waals surface area contributed by atoms with Gasteiger partial charge in [-0.2, -0.15) is 0 Å². The van der Waals surface area contributed by atoms with E-state index in [9.17, 15) is 0 Å². The average molecular weight is 264 g/mol. The van der Waals surface area contributed by atoms with Crippen molar-refractivity contribution in [2.45, 2.75) is 47.0 Å². The van der Waals surface area contributed by atoms with Gasteiger partial charge >= 0.3 is 0 Å². The van der Waals surface area contributed by atoms with Gasteiger partial charge in [-0.25, -0.2) is 9.97 Å². The monoisotopic (exact) mass is 264 g/mol. The van der Waals surface area contributed by atoms with Crippen LogP contribution in [-0.2, 0) is 6.42 Å². The van der Waals surface area contributed by atoms with Gasteiger partial charge in [0.25, 0.3) is 0 Å². The number of anilines is 1. The Kier molecular flexibility index (Phi) is 6.22. The van der Waals surface area contributed by atoms with Crippen molar-refractivity contribution in [3.05, 3.63) is 17.1 Å². The highest BCUT2D eigenvalue weighted by Crippen LogP contribution is 2.24. The second-order valence-corrected chi connectivity index (χ2v) is 5.17. The van der Waals surface area contributed by atoms with Gasteiger partial charge in [-0.1, -0.05) is 27.7 Å². The summed E-state index contributed by atoms with van der Waals surface area (Å²) in [6.07, 6.45) is 0.912. The van der Waals surface area contributed by atoms with E-state index in [0.717, 1.165) is 43.4 Å². The first-order valence-corrected chi connectivity index (χ1v) is 7.30. The molecule has 0 aliphatic heterocycles. The summed E-state index contributed by atoms with van der Waals surface area (Å²) in [5, 5.41) is 3.21. The Balaban J connectivity index is 2.89. The van der Waals surface area contributed by atoms with Crippen LogP contribution in [0, 0.1) is 6.92 Å². The molecule has 108 valence electrons. The third kappa shape index (κ3) is 4.16. The van der Waals surface area contributed by atoms with Gasteiger partial charge in [0.05, 0.1) is 0 Å². The molecule has 0 unspecified atom stereocenters. The highest BCUT2D eigenvalue weighted by atomic mass is 15.1. The topological polar surface area (TPSA) is 41.1 Å². The average Bonchev–Trinajstić information content (AvgIpc) is 2.38. The van der Waals surface area contributed by atoms with Crippen LogP contribution >= 0.6 is 0 Å². The van der Waals surface area contributed by atoms with Crippen molar-refractivity contribution in [2.75, 3.05) is 32.0 Å². The largest absolute Gasteiger partial charge is 0.373 e. The first-order valence-electron chi connectivity index (χ1n) is 7.30. The number of aromatic nitrogens is 2. The van der Waals surface area contributed by atoms with Crippen LogP contribution in [0.4, 0.5) is 5.82 Å². The van der Waals surface area contributed by atoms with Crippen molar-refractivity contribution in [3.8, 4) is 0 Å². The molecule has 4 nitrogen and oxygen atoms in total. The molecule has 1 rings (SSSR count). The molecule has 1 N–H and O–H groups in total. The lowest BCUT2D eigenvalue weighted by Gasteiger charge is -2.19.